The maximum absolute atomic E-state index is 11.7. The van der Waals surface area contributed by atoms with E-state index in [9.17, 15) is 4.79 Å². The van der Waals surface area contributed by atoms with Gasteiger partial charge in [0.25, 0.3) is 0 Å². The van der Waals surface area contributed by atoms with Gasteiger partial charge >= 0.3 is 5.97 Å². The Hall–Kier alpha value is -2.76. The Balaban J connectivity index is 2.21. The van der Waals surface area contributed by atoms with Crippen LogP contribution in [0.2, 0.25) is 0 Å². The molecule has 2 aromatic rings. The van der Waals surface area contributed by atoms with Crippen LogP contribution >= 0.6 is 0 Å². The molecule has 0 bridgehead atoms. The molecule has 1 heterocycles. The molecule has 0 spiro atoms. The van der Waals surface area contributed by atoms with Crippen molar-refractivity contribution >= 4 is 18.0 Å². The van der Waals surface area contributed by atoms with E-state index in [1.165, 1.54) is 7.11 Å². The molecule has 6 nitrogen and oxygen atoms in total. The number of methoxy groups -OCH3 is 1. The summed E-state index contributed by atoms with van der Waals surface area (Å²) in [4.78, 5) is 19.7. The molecule has 2 rings (SSSR count). The largest absolute Gasteiger partial charge is 0.465 e. The van der Waals surface area contributed by atoms with Gasteiger partial charge in [-0.1, -0.05) is 6.07 Å². The summed E-state index contributed by atoms with van der Waals surface area (Å²) in [6, 6.07) is 3.69. The smallest absolute Gasteiger partial charge is 0.338 e. The van der Waals surface area contributed by atoms with E-state index >= 15 is 0 Å². The van der Waals surface area contributed by atoms with Gasteiger partial charge in [-0.3, -0.25) is 10.4 Å². The number of hydrazone groups is 1. The van der Waals surface area contributed by atoms with Crippen molar-refractivity contribution in [1.82, 2.24) is 9.97 Å². The lowest BCUT2D eigenvalue weighted by Gasteiger charge is -2.08. The fourth-order valence-corrected chi connectivity index (χ4v) is 1.86. The molecule has 0 amide bonds. The van der Waals surface area contributed by atoms with Crippen molar-refractivity contribution in [2.75, 3.05) is 12.5 Å². The Morgan fingerprint density at radius 2 is 2.10 bits per heavy atom. The van der Waals surface area contributed by atoms with Crippen LogP contribution in [0.15, 0.2) is 35.8 Å². The molecule has 0 aliphatic carbocycles. The molecule has 21 heavy (non-hydrogen) atoms. The topological polar surface area (TPSA) is 76.5 Å². The van der Waals surface area contributed by atoms with Crippen LogP contribution < -0.4 is 5.43 Å². The predicted molar refractivity (Wildman–Crippen MR) is 80.5 cm³/mol. The van der Waals surface area contributed by atoms with Gasteiger partial charge in [-0.15, -0.1) is 0 Å². The molecule has 0 radical (unpaired) electrons. The first kappa shape index (κ1) is 14.6. The van der Waals surface area contributed by atoms with E-state index < -0.39 is 0 Å². The zero-order valence-corrected chi connectivity index (χ0v) is 12.1. The Bertz CT molecular complexity index is 669. The van der Waals surface area contributed by atoms with Crippen molar-refractivity contribution < 1.29 is 9.53 Å². The fraction of sp³-hybridized carbons (Fsp3) is 0.200. The SMILES string of the molecule is COC(=O)c1cc(/C=N/Nc2cnccn2)c(C)cc1C. The second-order valence-electron chi connectivity index (χ2n) is 4.48. The van der Waals surface area contributed by atoms with Crippen LogP contribution in [0.3, 0.4) is 0 Å². The highest BCUT2D eigenvalue weighted by Crippen LogP contribution is 2.16. The van der Waals surface area contributed by atoms with Crippen LogP contribution in [-0.2, 0) is 4.74 Å². The van der Waals surface area contributed by atoms with Crippen molar-refractivity contribution in [3.8, 4) is 0 Å². The number of anilines is 1. The minimum atomic E-state index is -0.357. The highest BCUT2D eigenvalue weighted by molar-refractivity contribution is 5.94. The normalized spacial score (nSPS) is 10.6. The summed E-state index contributed by atoms with van der Waals surface area (Å²) >= 11 is 0. The zero-order valence-electron chi connectivity index (χ0n) is 12.1. The summed E-state index contributed by atoms with van der Waals surface area (Å²) in [5, 5.41) is 4.10. The van der Waals surface area contributed by atoms with Gasteiger partial charge in [0.1, 0.15) is 0 Å². The molecule has 1 aromatic heterocycles. The maximum atomic E-state index is 11.7. The summed E-state index contributed by atoms with van der Waals surface area (Å²) in [6.07, 6.45) is 6.36. The quantitative estimate of drug-likeness (QED) is 0.529. The second-order valence-corrected chi connectivity index (χ2v) is 4.48. The maximum Gasteiger partial charge on any atom is 0.338 e. The predicted octanol–water partition coefficient (Wildman–Crippen LogP) is 2.33. The number of benzene rings is 1. The standard InChI is InChI=1S/C15H16N4O2/c1-10-6-11(2)13(15(20)21-3)7-12(10)8-18-19-14-9-16-4-5-17-14/h4-9H,1-3H3,(H,17,19)/b18-8+. The third-order valence-corrected chi connectivity index (χ3v) is 2.96. The second kappa shape index (κ2) is 6.60. The number of hydrogen-bond donors (Lipinski definition) is 1. The first-order chi connectivity index (χ1) is 10.1. The number of nitrogens with zero attached hydrogens (tertiary/aromatic N) is 3. The van der Waals surface area contributed by atoms with E-state index in [2.05, 4.69) is 20.5 Å². The Labute approximate surface area is 122 Å². The minimum absolute atomic E-state index is 0.357. The van der Waals surface area contributed by atoms with Gasteiger partial charge in [0.15, 0.2) is 5.82 Å². The summed E-state index contributed by atoms with van der Waals surface area (Å²) in [5.74, 6) is 0.191. The molecule has 0 saturated carbocycles. The molecule has 0 aliphatic heterocycles. The van der Waals surface area contributed by atoms with Crippen LogP contribution in [-0.4, -0.2) is 29.3 Å². The van der Waals surface area contributed by atoms with Crippen LogP contribution in [0.25, 0.3) is 0 Å². The number of aryl methyl sites for hydroxylation is 2. The Morgan fingerprint density at radius 1 is 1.29 bits per heavy atom. The van der Waals surface area contributed by atoms with Crippen LogP contribution in [0.4, 0.5) is 5.82 Å². The number of aromatic nitrogens is 2. The molecule has 6 heteroatoms. The number of carbonyl (C=O) groups is 1. The summed E-state index contributed by atoms with van der Waals surface area (Å²) < 4.78 is 4.77. The number of carbonyl (C=O) groups excluding carboxylic acids is 1. The van der Waals surface area contributed by atoms with Gasteiger partial charge in [0.05, 0.1) is 25.1 Å². The number of hydrogen-bond acceptors (Lipinski definition) is 6. The minimum Gasteiger partial charge on any atom is -0.465 e. The number of nitrogens with one attached hydrogen (secondary N) is 1. The van der Waals surface area contributed by atoms with Crippen molar-refractivity contribution in [2.45, 2.75) is 13.8 Å². The first-order valence-corrected chi connectivity index (χ1v) is 6.36. The Morgan fingerprint density at radius 3 is 2.76 bits per heavy atom. The fourth-order valence-electron chi connectivity index (χ4n) is 1.86. The van der Waals surface area contributed by atoms with E-state index in [1.54, 1.807) is 30.9 Å². The summed E-state index contributed by atoms with van der Waals surface area (Å²) in [7, 11) is 1.37. The highest BCUT2D eigenvalue weighted by atomic mass is 16.5. The Kier molecular flexibility index (Phi) is 4.61. The van der Waals surface area contributed by atoms with Crippen molar-refractivity contribution in [1.29, 1.82) is 0 Å². The molecule has 1 N–H and O–H groups in total. The van der Waals surface area contributed by atoms with E-state index in [0.717, 1.165) is 16.7 Å². The molecular formula is C15H16N4O2. The number of rotatable bonds is 4. The van der Waals surface area contributed by atoms with Crippen LogP contribution in [0.1, 0.15) is 27.0 Å². The van der Waals surface area contributed by atoms with Gasteiger partial charge < -0.3 is 4.74 Å². The third kappa shape index (κ3) is 3.62. The lowest BCUT2D eigenvalue weighted by Crippen LogP contribution is -2.06. The molecule has 108 valence electrons. The molecule has 0 unspecified atom stereocenters. The van der Waals surface area contributed by atoms with Gasteiger partial charge in [-0.25, -0.2) is 9.78 Å². The zero-order chi connectivity index (χ0) is 15.2. The summed E-state index contributed by atoms with van der Waals surface area (Å²) in [5.41, 5.74) is 6.03. The average molecular weight is 284 g/mol. The van der Waals surface area contributed by atoms with Gasteiger partial charge in [0.2, 0.25) is 0 Å². The molecule has 0 fully saturated rings. The van der Waals surface area contributed by atoms with Gasteiger partial charge in [0, 0.05) is 12.4 Å². The number of esters is 1. The van der Waals surface area contributed by atoms with E-state index in [4.69, 9.17) is 4.74 Å². The van der Waals surface area contributed by atoms with Gasteiger partial charge in [-0.05, 0) is 36.6 Å². The van der Waals surface area contributed by atoms with Crippen molar-refractivity contribution in [3.05, 3.63) is 53.0 Å². The van der Waals surface area contributed by atoms with E-state index in [-0.39, 0.29) is 5.97 Å². The number of ether oxygens (including phenoxy) is 1. The molecule has 0 aliphatic rings. The van der Waals surface area contributed by atoms with Crippen LogP contribution in [0.5, 0.6) is 0 Å². The lowest BCUT2D eigenvalue weighted by molar-refractivity contribution is 0.0600. The third-order valence-electron chi connectivity index (χ3n) is 2.96. The first-order valence-electron chi connectivity index (χ1n) is 6.36. The lowest BCUT2D eigenvalue weighted by atomic mass is 10.0. The molecule has 0 atom stereocenters. The molecule has 0 saturated heterocycles. The van der Waals surface area contributed by atoms with E-state index in [0.29, 0.717) is 11.4 Å². The van der Waals surface area contributed by atoms with E-state index in [1.807, 2.05) is 19.9 Å². The molecule has 1 aromatic carbocycles. The summed E-state index contributed by atoms with van der Waals surface area (Å²) in [6.45, 7) is 3.83. The molecular weight excluding hydrogens is 268 g/mol. The van der Waals surface area contributed by atoms with Crippen LogP contribution in [0, 0.1) is 13.8 Å². The van der Waals surface area contributed by atoms with Crippen molar-refractivity contribution in [2.24, 2.45) is 5.10 Å². The monoisotopic (exact) mass is 284 g/mol. The van der Waals surface area contributed by atoms with Crippen molar-refractivity contribution in [3.63, 3.8) is 0 Å². The van der Waals surface area contributed by atoms with Gasteiger partial charge in [-0.2, -0.15) is 5.10 Å². The highest BCUT2D eigenvalue weighted by Gasteiger charge is 2.11. The average Bonchev–Trinajstić information content (AvgIpc) is 2.49.